The van der Waals surface area contributed by atoms with Crippen molar-refractivity contribution >= 4 is 23.7 Å². The third kappa shape index (κ3) is 7.00. The van der Waals surface area contributed by atoms with E-state index in [4.69, 9.17) is 5.11 Å². The van der Waals surface area contributed by atoms with Gasteiger partial charge >= 0.3 is 5.97 Å². The Balaban J connectivity index is 1.87. The van der Waals surface area contributed by atoms with Crippen LogP contribution in [0.3, 0.4) is 0 Å². The van der Waals surface area contributed by atoms with Crippen LogP contribution in [0.15, 0.2) is 12.1 Å². The van der Waals surface area contributed by atoms with Crippen molar-refractivity contribution in [3.05, 3.63) is 29.3 Å². The van der Waals surface area contributed by atoms with Gasteiger partial charge in [0, 0.05) is 12.1 Å². The van der Waals surface area contributed by atoms with Crippen molar-refractivity contribution < 1.29 is 24.3 Å². The van der Waals surface area contributed by atoms with Crippen LogP contribution in [0.4, 0.5) is 0 Å². The van der Waals surface area contributed by atoms with E-state index in [1.54, 1.807) is 12.1 Å². The number of aromatic nitrogens is 5. The van der Waals surface area contributed by atoms with Gasteiger partial charge in [0.05, 0.1) is 25.6 Å². The molecule has 0 aliphatic carbocycles. The van der Waals surface area contributed by atoms with Gasteiger partial charge in [0.25, 0.3) is 5.91 Å². The Kier molecular flexibility index (Phi) is 8.02. The van der Waals surface area contributed by atoms with E-state index in [1.165, 1.54) is 0 Å². The van der Waals surface area contributed by atoms with Crippen LogP contribution in [0, 0.1) is 5.92 Å². The summed E-state index contributed by atoms with van der Waals surface area (Å²) >= 11 is 0. The number of carboxylic acids is 1. The molecule has 0 aliphatic heterocycles. The van der Waals surface area contributed by atoms with Crippen LogP contribution >= 0.6 is 0 Å². The van der Waals surface area contributed by atoms with Crippen LogP contribution in [0.1, 0.15) is 54.7 Å². The molecule has 0 unspecified atom stereocenters. The van der Waals surface area contributed by atoms with Gasteiger partial charge in [-0.3, -0.25) is 19.2 Å². The Bertz CT molecular complexity index is 877. The predicted octanol–water partition coefficient (Wildman–Crippen LogP) is -0.748. The number of aliphatic carboxylic acids is 1. The smallest absolute Gasteiger partial charge is 0.303 e. The summed E-state index contributed by atoms with van der Waals surface area (Å²) in [5.74, 6) is -2.05. The average Bonchev–Trinajstić information content (AvgIpc) is 3.38. The fourth-order valence-electron chi connectivity index (χ4n) is 2.55. The first-order chi connectivity index (χ1) is 14.3. The number of carboxylic acid groups (broad SMARTS) is 1. The standard InChI is InChI=1S/C17H24N8O5/c1-9(2)16(21-13(26)5-6-15(28)29)10-3-4-11(20-10)17(30)19-8-14(27)18-7-12-22-24-25-23-12/h3-4,9,16,20H,5-8H2,1-2H3,(H,18,27)(H,19,30)(H,21,26)(H,28,29)(H,22,23,24,25)/t16-/m0/s1. The van der Waals surface area contributed by atoms with Crippen LogP contribution in [-0.2, 0) is 20.9 Å². The SMILES string of the molecule is CC(C)[C@H](NC(=O)CCC(=O)O)c1ccc(C(=O)NCC(=O)NCc2nn[nH]n2)[nH]1. The van der Waals surface area contributed by atoms with Gasteiger partial charge in [-0.15, -0.1) is 10.2 Å². The second-order valence-electron chi connectivity index (χ2n) is 6.80. The first-order valence-corrected chi connectivity index (χ1v) is 9.23. The minimum Gasteiger partial charge on any atom is -0.481 e. The molecule has 13 nitrogen and oxygen atoms in total. The maximum absolute atomic E-state index is 12.3. The first-order valence-electron chi connectivity index (χ1n) is 9.23. The van der Waals surface area contributed by atoms with Crippen LogP contribution in [0.2, 0.25) is 0 Å². The third-order valence-electron chi connectivity index (χ3n) is 4.08. The van der Waals surface area contributed by atoms with Gasteiger partial charge in [-0.1, -0.05) is 19.1 Å². The lowest BCUT2D eigenvalue weighted by Crippen LogP contribution is -2.37. The summed E-state index contributed by atoms with van der Waals surface area (Å²) in [7, 11) is 0. The highest BCUT2D eigenvalue weighted by atomic mass is 16.4. The Morgan fingerprint density at radius 1 is 1.10 bits per heavy atom. The van der Waals surface area contributed by atoms with E-state index in [9.17, 15) is 19.2 Å². The van der Waals surface area contributed by atoms with E-state index in [-0.39, 0.29) is 37.5 Å². The average molecular weight is 420 g/mol. The van der Waals surface area contributed by atoms with Gasteiger partial charge in [-0.05, 0) is 18.1 Å². The van der Waals surface area contributed by atoms with E-state index in [1.807, 2.05) is 13.8 Å². The molecule has 162 valence electrons. The number of carbonyl (C=O) groups is 4. The molecule has 13 heteroatoms. The van der Waals surface area contributed by atoms with E-state index in [0.29, 0.717) is 11.5 Å². The van der Waals surface area contributed by atoms with Gasteiger partial charge in [0.1, 0.15) is 5.69 Å². The largest absolute Gasteiger partial charge is 0.481 e. The molecule has 0 fully saturated rings. The van der Waals surface area contributed by atoms with Crippen molar-refractivity contribution in [3.63, 3.8) is 0 Å². The summed E-state index contributed by atoms with van der Waals surface area (Å²) in [5, 5.41) is 29.5. The molecule has 0 aliphatic rings. The second kappa shape index (κ2) is 10.7. The molecule has 2 aromatic rings. The number of carbonyl (C=O) groups excluding carboxylic acids is 3. The lowest BCUT2D eigenvalue weighted by Gasteiger charge is -2.21. The zero-order valence-electron chi connectivity index (χ0n) is 16.6. The summed E-state index contributed by atoms with van der Waals surface area (Å²) in [5.41, 5.74) is 0.821. The van der Waals surface area contributed by atoms with Crippen molar-refractivity contribution in [1.82, 2.24) is 41.6 Å². The van der Waals surface area contributed by atoms with Crippen molar-refractivity contribution in [2.45, 2.75) is 39.3 Å². The number of nitrogens with zero attached hydrogens (tertiary/aromatic N) is 3. The molecule has 0 spiro atoms. The number of H-pyrrole nitrogens is 2. The predicted molar refractivity (Wildman–Crippen MR) is 102 cm³/mol. The molecule has 2 aromatic heterocycles. The zero-order valence-corrected chi connectivity index (χ0v) is 16.6. The van der Waals surface area contributed by atoms with Gasteiger partial charge in [0.15, 0.2) is 5.82 Å². The molecule has 0 saturated carbocycles. The molecular formula is C17H24N8O5. The maximum Gasteiger partial charge on any atom is 0.303 e. The highest BCUT2D eigenvalue weighted by molar-refractivity contribution is 5.95. The lowest BCUT2D eigenvalue weighted by molar-refractivity contribution is -0.139. The van der Waals surface area contributed by atoms with Gasteiger partial charge in [0.2, 0.25) is 11.8 Å². The number of nitrogens with one attached hydrogen (secondary N) is 5. The Labute approximate surface area is 171 Å². The molecule has 0 saturated heterocycles. The van der Waals surface area contributed by atoms with Crippen LogP contribution in [0.25, 0.3) is 0 Å². The van der Waals surface area contributed by atoms with Crippen LogP contribution in [0.5, 0.6) is 0 Å². The summed E-state index contributed by atoms with van der Waals surface area (Å²) in [6.07, 6.45) is -0.393. The van der Waals surface area contributed by atoms with E-state index < -0.39 is 29.7 Å². The fourth-order valence-corrected chi connectivity index (χ4v) is 2.55. The quantitative estimate of drug-likeness (QED) is 0.273. The van der Waals surface area contributed by atoms with Gasteiger partial charge in [-0.25, -0.2) is 0 Å². The van der Waals surface area contributed by atoms with Crippen molar-refractivity contribution in [2.75, 3.05) is 6.54 Å². The van der Waals surface area contributed by atoms with Crippen LogP contribution in [-0.4, -0.2) is 61.0 Å². The van der Waals surface area contributed by atoms with Gasteiger partial charge < -0.3 is 26.0 Å². The molecule has 30 heavy (non-hydrogen) atoms. The molecule has 3 amide bonds. The Hall–Kier alpha value is -3.77. The second-order valence-corrected chi connectivity index (χ2v) is 6.80. The van der Waals surface area contributed by atoms with Crippen LogP contribution < -0.4 is 16.0 Å². The summed E-state index contributed by atoms with van der Waals surface area (Å²) in [4.78, 5) is 49.6. The molecular weight excluding hydrogens is 396 g/mol. The minimum absolute atomic E-state index is 0.00995. The number of tetrazole rings is 1. The molecule has 0 aromatic carbocycles. The zero-order chi connectivity index (χ0) is 22.1. The molecule has 0 radical (unpaired) electrons. The van der Waals surface area contributed by atoms with E-state index >= 15 is 0 Å². The summed E-state index contributed by atoms with van der Waals surface area (Å²) in [6.45, 7) is 3.60. The normalized spacial score (nSPS) is 11.7. The number of hydrogen-bond donors (Lipinski definition) is 6. The van der Waals surface area contributed by atoms with Crippen molar-refractivity contribution in [3.8, 4) is 0 Å². The fraction of sp³-hybridized carbons (Fsp3) is 0.471. The summed E-state index contributed by atoms with van der Waals surface area (Å²) < 4.78 is 0. The highest BCUT2D eigenvalue weighted by Gasteiger charge is 2.21. The Morgan fingerprint density at radius 3 is 2.50 bits per heavy atom. The van der Waals surface area contributed by atoms with Crippen molar-refractivity contribution in [1.29, 1.82) is 0 Å². The minimum atomic E-state index is -1.05. The van der Waals surface area contributed by atoms with Gasteiger partial charge in [-0.2, -0.15) is 5.21 Å². The topological polar surface area (TPSA) is 195 Å². The lowest BCUT2D eigenvalue weighted by atomic mass is 10.0. The molecule has 6 N–H and O–H groups in total. The molecule has 0 bridgehead atoms. The van der Waals surface area contributed by atoms with Crippen molar-refractivity contribution in [2.24, 2.45) is 5.92 Å². The monoisotopic (exact) mass is 420 g/mol. The molecule has 2 rings (SSSR count). The first kappa shape index (κ1) is 22.5. The Morgan fingerprint density at radius 2 is 1.87 bits per heavy atom. The number of hydrogen-bond acceptors (Lipinski definition) is 7. The highest BCUT2D eigenvalue weighted by Crippen LogP contribution is 2.21. The number of rotatable bonds is 11. The third-order valence-corrected chi connectivity index (χ3v) is 4.08. The number of aromatic amines is 2. The maximum atomic E-state index is 12.3. The van der Waals surface area contributed by atoms with E-state index in [2.05, 4.69) is 41.6 Å². The number of amides is 3. The molecule has 2 heterocycles. The summed E-state index contributed by atoms with van der Waals surface area (Å²) in [6, 6.07) is 2.78. The molecule has 1 atom stereocenters. The van der Waals surface area contributed by atoms with E-state index in [0.717, 1.165) is 0 Å².